The number of aromatic amines is 1. The van der Waals surface area contributed by atoms with Gasteiger partial charge in [0.15, 0.2) is 18.5 Å². The Balaban J connectivity index is 2.37. The summed E-state index contributed by atoms with van der Waals surface area (Å²) in [5.74, 6) is -0.727. The Labute approximate surface area is 118 Å². The van der Waals surface area contributed by atoms with E-state index in [2.05, 4.69) is 0 Å². The molecule has 0 unspecified atom stereocenters. The number of H-pyrrole nitrogens is 1. The van der Waals surface area contributed by atoms with Gasteiger partial charge in [-0.1, -0.05) is 0 Å². The van der Waals surface area contributed by atoms with Crippen molar-refractivity contribution in [2.45, 2.75) is 38.5 Å². The quantitative estimate of drug-likeness (QED) is 0.693. The zero-order valence-electron chi connectivity index (χ0n) is 11.4. The first-order valence-corrected chi connectivity index (χ1v) is 6.24. The van der Waals surface area contributed by atoms with Crippen LogP contribution in [0.3, 0.4) is 0 Å². The predicted octanol–water partition coefficient (Wildman–Crippen LogP) is -0.995. The Morgan fingerprint density at radius 3 is 2.81 bits per heavy atom. The fraction of sp³-hybridized carbons (Fsp3) is 0.583. The first kappa shape index (κ1) is 15.4. The van der Waals surface area contributed by atoms with Crippen molar-refractivity contribution in [2.75, 3.05) is 6.61 Å². The van der Waals surface area contributed by atoms with Crippen LogP contribution in [0.25, 0.3) is 0 Å². The van der Waals surface area contributed by atoms with Crippen LogP contribution in [-0.4, -0.2) is 45.6 Å². The molecule has 1 saturated heterocycles. The molecule has 2 N–H and O–H groups in total. The molecule has 116 valence electrons. The lowest BCUT2D eigenvalue weighted by Gasteiger charge is -2.17. The number of aryl methyl sites for hydroxylation is 1. The SMILES string of the molecule is CC(=O)O[C@H]1[C@@H](F)[C@H](n2cc(C)c(=O)[nH]c2=O)O[C@@H]1CO. The Morgan fingerprint density at radius 2 is 2.24 bits per heavy atom. The molecule has 0 bridgehead atoms. The van der Waals surface area contributed by atoms with Gasteiger partial charge in [-0.05, 0) is 6.92 Å². The summed E-state index contributed by atoms with van der Waals surface area (Å²) in [4.78, 5) is 36.0. The maximum Gasteiger partial charge on any atom is 0.330 e. The molecule has 1 aromatic rings. The van der Waals surface area contributed by atoms with Gasteiger partial charge in [0.1, 0.15) is 6.10 Å². The average molecular weight is 302 g/mol. The third kappa shape index (κ3) is 2.88. The molecule has 1 aromatic heterocycles. The maximum absolute atomic E-state index is 14.4. The van der Waals surface area contributed by atoms with E-state index in [9.17, 15) is 23.9 Å². The highest BCUT2D eigenvalue weighted by Gasteiger charge is 2.48. The van der Waals surface area contributed by atoms with Gasteiger partial charge in [0.2, 0.25) is 0 Å². The van der Waals surface area contributed by atoms with E-state index < -0.39 is 48.4 Å². The van der Waals surface area contributed by atoms with Crippen molar-refractivity contribution in [1.82, 2.24) is 9.55 Å². The number of halogens is 1. The minimum atomic E-state index is -1.85. The number of aromatic nitrogens is 2. The Hall–Kier alpha value is -2.00. The second-order valence-electron chi connectivity index (χ2n) is 4.74. The van der Waals surface area contributed by atoms with E-state index in [1.54, 1.807) is 0 Å². The Morgan fingerprint density at radius 1 is 1.57 bits per heavy atom. The van der Waals surface area contributed by atoms with Gasteiger partial charge in [-0.2, -0.15) is 0 Å². The summed E-state index contributed by atoms with van der Waals surface area (Å²) < 4.78 is 25.3. The molecule has 0 saturated carbocycles. The summed E-state index contributed by atoms with van der Waals surface area (Å²) in [7, 11) is 0. The summed E-state index contributed by atoms with van der Waals surface area (Å²) in [5, 5.41) is 9.17. The van der Waals surface area contributed by atoms with E-state index in [0.717, 1.165) is 17.7 Å². The molecule has 0 aromatic carbocycles. The largest absolute Gasteiger partial charge is 0.456 e. The molecule has 0 radical (unpaired) electrons. The molecule has 1 aliphatic rings. The fourth-order valence-electron chi connectivity index (χ4n) is 2.17. The second-order valence-corrected chi connectivity index (χ2v) is 4.74. The normalized spacial score (nSPS) is 28.6. The molecule has 0 amide bonds. The molecule has 0 spiro atoms. The molecular formula is C12H15FN2O6. The number of alkyl halides is 1. The molecule has 1 aliphatic heterocycles. The van der Waals surface area contributed by atoms with Crippen LogP contribution in [0.2, 0.25) is 0 Å². The minimum Gasteiger partial charge on any atom is -0.456 e. The summed E-state index contributed by atoms with van der Waals surface area (Å²) in [6.07, 6.45) is -4.50. The van der Waals surface area contributed by atoms with Crippen LogP contribution in [0.5, 0.6) is 0 Å². The lowest BCUT2D eigenvalue weighted by Crippen LogP contribution is -2.38. The number of nitrogens with one attached hydrogen (secondary N) is 1. The standard InChI is InChI=1S/C12H15FN2O6/c1-5-3-15(12(19)14-10(5)18)11-8(13)9(20-6(2)17)7(4-16)21-11/h3,7-9,11,16H,4H2,1-2H3,(H,14,18,19)/t7-,8-,9-,11-/m1/s1. The summed E-state index contributed by atoms with van der Waals surface area (Å²) in [6, 6.07) is 0. The van der Waals surface area contributed by atoms with Gasteiger partial charge in [-0.15, -0.1) is 0 Å². The predicted molar refractivity (Wildman–Crippen MR) is 67.5 cm³/mol. The van der Waals surface area contributed by atoms with Crippen molar-refractivity contribution in [1.29, 1.82) is 0 Å². The minimum absolute atomic E-state index is 0.196. The number of ether oxygens (including phenoxy) is 2. The highest BCUT2D eigenvalue weighted by atomic mass is 19.1. The van der Waals surface area contributed by atoms with Crippen molar-refractivity contribution in [3.8, 4) is 0 Å². The molecule has 8 nitrogen and oxygen atoms in total. The number of carbonyl (C=O) groups is 1. The zero-order chi connectivity index (χ0) is 15.7. The van der Waals surface area contributed by atoms with Crippen LogP contribution in [0.4, 0.5) is 4.39 Å². The second kappa shape index (κ2) is 5.78. The monoisotopic (exact) mass is 302 g/mol. The number of hydrogen-bond donors (Lipinski definition) is 2. The van der Waals surface area contributed by atoms with E-state index in [1.807, 2.05) is 4.98 Å². The van der Waals surface area contributed by atoms with Crippen LogP contribution in [0, 0.1) is 6.92 Å². The van der Waals surface area contributed by atoms with Crippen molar-refractivity contribution in [3.05, 3.63) is 32.6 Å². The van der Waals surface area contributed by atoms with Gasteiger partial charge >= 0.3 is 11.7 Å². The summed E-state index contributed by atoms with van der Waals surface area (Å²) in [6.45, 7) is 1.97. The summed E-state index contributed by atoms with van der Waals surface area (Å²) >= 11 is 0. The molecular weight excluding hydrogens is 287 g/mol. The van der Waals surface area contributed by atoms with E-state index >= 15 is 0 Å². The molecule has 1 fully saturated rings. The first-order chi connectivity index (χ1) is 9.85. The Bertz CT molecular complexity index is 654. The molecule has 0 aliphatic carbocycles. The van der Waals surface area contributed by atoms with Gasteiger partial charge in [0.25, 0.3) is 5.56 Å². The van der Waals surface area contributed by atoms with Crippen LogP contribution in [0.15, 0.2) is 15.8 Å². The number of carbonyl (C=O) groups excluding carboxylic acids is 1. The third-order valence-corrected chi connectivity index (χ3v) is 3.17. The van der Waals surface area contributed by atoms with Gasteiger partial charge in [0, 0.05) is 18.7 Å². The lowest BCUT2D eigenvalue weighted by atomic mass is 10.1. The third-order valence-electron chi connectivity index (χ3n) is 3.17. The van der Waals surface area contributed by atoms with E-state index in [0.29, 0.717) is 0 Å². The number of aliphatic hydroxyl groups excluding tert-OH is 1. The van der Waals surface area contributed by atoms with Crippen molar-refractivity contribution < 1.29 is 23.8 Å². The number of esters is 1. The highest BCUT2D eigenvalue weighted by Crippen LogP contribution is 2.32. The molecule has 2 rings (SSSR count). The molecule has 2 heterocycles. The zero-order valence-corrected chi connectivity index (χ0v) is 11.4. The number of rotatable bonds is 3. The van der Waals surface area contributed by atoms with Gasteiger partial charge in [-0.3, -0.25) is 19.1 Å². The van der Waals surface area contributed by atoms with E-state index in [4.69, 9.17) is 9.47 Å². The van der Waals surface area contributed by atoms with E-state index in [1.165, 1.54) is 6.92 Å². The molecule has 21 heavy (non-hydrogen) atoms. The van der Waals surface area contributed by atoms with Crippen molar-refractivity contribution >= 4 is 5.97 Å². The topological polar surface area (TPSA) is 111 Å². The maximum atomic E-state index is 14.4. The number of hydrogen-bond acceptors (Lipinski definition) is 6. The van der Waals surface area contributed by atoms with Crippen LogP contribution >= 0.6 is 0 Å². The smallest absolute Gasteiger partial charge is 0.330 e. The van der Waals surface area contributed by atoms with Crippen LogP contribution < -0.4 is 11.2 Å². The van der Waals surface area contributed by atoms with Gasteiger partial charge in [-0.25, -0.2) is 9.18 Å². The van der Waals surface area contributed by atoms with Gasteiger partial charge < -0.3 is 14.6 Å². The highest BCUT2D eigenvalue weighted by molar-refractivity contribution is 5.66. The summed E-state index contributed by atoms with van der Waals surface area (Å²) in [5.41, 5.74) is -1.24. The number of aliphatic hydroxyl groups is 1. The molecule has 9 heteroatoms. The first-order valence-electron chi connectivity index (χ1n) is 6.24. The number of nitrogens with zero attached hydrogens (tertiary/aromatic N) is 1. The van der Waals surface area contributed by atoms with E-state index in [-0.39, 0.29) is 5.56 Å². The van der Waals surface area contributed by atoms with Crippen molar-refractivity contribution in [2.24, 2.45) is 0 Å². The average Bonchev–Trinajstić information content (AvgIpc) is 2.71. The van der Waals surface area contributed by atoms with Crippen molar-refractivity contribution in [3.63, 3.8) is 0 Å². The lowest BCUT2D eigenvalue weighted by molar-refractivity contribution is -0.152. The van der Waals surface area contributed by atoms with Crippen LogP contribution in [0.1, 0.15) is 18.7 Å². The fourth-order valence-corrected chi connectivity index (χ4v) is 2.17. The van der Waals surface area contributed by atoms with Gasteiger partial charge in [0.05, 0.1) is 6.61 Å². The van der Waals surface area contributed by atoms with Crippen LogP contribution in [-0.2, 0) is 14.3 Å². The molecule has 4 atom stereocenters. The Kier molecular flexibility index (Phi) is 4.24.